The summed E-state index contributed by atoms with van der Waals surface area (Å²) in [6.07, 6.45) is -4.10. The number of hydrogen-bond acceptors (Lipinski definition) is 9. The minimum Gasteiger partial charge on any atom is -0.394 e. The summed E-state index contributed by atoms with van der Waals surface area (Å²) in [6.45, 7) is -0.544. The van der Waals surface area contributed by atoms with Crippen molar-refractivity contribution in [1.29, 1.82) is 0 Å². The average molecular weight is 515 g/mol. The van der Waals surface area contributed by atoms with Crippen LogP contribution in [0.3, 0.4) is 0 Å². The van der Waals surface area contributed by atoms with Gasteiger partial charge in [-0.05, 0) is 23.2 Å². The van der Waals surface area contributed by atoms with Crippen LogP contribution in [0.15, 0.2) is 42.6 Å². The highest BCUT2D eigenvalue weighted by molar-refractivity contribution is 7.51. The maximum absolute atomic E-state index is 11.0. The predicted molar refractivity (Wildman–Crippen MR) is 121 cm³/mol. The van der Waals surface area contributed by atoms with E-state index in [-0.39, 0.29) is 18.5 Å². The molecule has 1 fully saturated rings. The molecule has 0 aliphatic carbocycles. The summed E-state index contributed by atoms with van der Waals surface area (Å²) in [6, 6.07) is 10.5. The number of benzene rings is 1. The number of hydrogen-bond donors (Lipinski definition) is 6. The zero-order valence-corrected chi connectivity index (χ0v) is 19.3. The molecule has 14 heteroatoms. The summed E-state index contributed by atoms with van der Waals surface area (Å²) >= 11 is 6.15. The summed E-state index contributed by atoms with van der Waals surface area (Å²) in [5, 5.41) is 34.4. The van der Waals surface area contributed by atoms with Crippen LogP contribution in [0.1, 0.15) is 17.8 Å². The monoisotopic (exact) mass is 514 g/mol. The van der Waals surface area contributed by atoms with Gasteiger partial charge in [0.25, 0.3) is 0 Å². The van der Waals surface area contributed by atoms with Crippen molar-refractivity contribution in [3.05, 3.63) is 53.4 Å². The molecule has 0 radical (unpaired) electrons. The molecule has 1 unspecified atom stereocenters. The second kappa shape index (κ2) is 10.2. The van der Waals surface area contributed by atoms with E-state index in [2.05, 4.69) is 15.3 Å². The van der Waals surface area contributed by atoms with Crippen molar-refractivity contribution in [2.24, 2.45) is 0 Å². The number of aliphatic hydroxyl groups is 3. The van der Waals surface area contributed by atoms with Gasteiger partial charge in [-0.15, -0.1) is 0 Å². The molecule has 34 heavy (non-hydrogen) atoms. The van der Waals surface area contributed by atoms with E-state index in [0.717, 1.165) is 5.56 Å². The zero-order chi connectivity index (χ0) is 24.5. The lowest BCUT2D eigenvalue weighted by Gasteiger charge is -2.19. The Morgan fingerprint density at radius 1 is 1.18 bits per heavy atom. The van der Waals surface area contributed by atoms with Gasteiger partial charge in [-0.1, -0.05) is 30.3 Å². The fraction of sp³-hybridized carbons (Fsp3) is 0.400. The highest BCUT2D eigenvalue weighted by atomic mass is 35.5. The Labute approximate surface area is 198 Å². The van der Waals surface area contributed by atoms with Gasteiger partial charge in [-0.2, -0.15) is 4.98 Å². The summed E-state index contributed by atoms with van der Waals surface area (Å²) < 4.78 is 23.1. The summed E-state index contributed by atoms with van der Waals surface area (Å²) in [5.74, 6) is 0.353. The van der Waals surface area contributed by atoms with Crippen LogP contribution >= 0.6 is 19.2 Å². The van der Waals surface area contributed by atoms with E-state index in [1.165, 1.54) is 4.57 Å². The minimum atomic E-state index is -4.38. The van der Waals surface area contributed by atoms with Crippen LogP contribution in [0.2, 0.25) is 5.28 Å². The fourth-order valence-electron chi connectivity index (χ4n) is 3.79. The third-order valence-corrected chi connectivity index (χ3v) is 6.08. The zero-order valence-electron chi connectivity index (χ0n) is 17.7. The number of halogens is 1. The second-order valence-electron chi connectivity index (χ2n) is 7.80. The molecule has 4 rings (SSSR count). The fourth-order valence-corrected chi connectivity index (χ4v) is 4.30. The van der Waals surface area contributed by atoms with Crippen molar-refractivity contribution < 1.29 is 39.1 Å². The molecule has 184 valence electrons. The molecular formula is C20H24ClN4O8P. The Kier molecular flexibility index (Phi) is 7.53. The molecule has 1 aliphatic heterocycles. The Balaban J connectivity index is 1.59. The second-order valence-corrected chi connectivity index (χ2v) is 9.73. The van der Waals surface area contributed by atoms with Gasteiger partial charge in [0, 0.05) is 6.20 Å². The first-order chi connectivity index (χ1) is 16.2. The van der Waals surface area contributed by atoms with Crippen molar-refractivity contribution in [2.75, 3.05) is 24.9 Å². The Morgan fingerprint density at radius 2 is 1.91 bits per heavy atom. The quantitative estimate of drug-likeness (QED) is 0.177. The topological polar surface area (TPSA) is 179 Å². The van der Waals surface area contributed by atoms with E-state index in [9.17, 15) is 19.9 Å². The van der Waals surface area contributed by atoms with E-state index in [1.54, 1.807) is 12.3 Å². The molecule has 0 saturated carbocycles. The van der Waals surface area contributed by atoms with Crippen LogP contribution in [0.4, 0.5) is 5.82 Å². The standard InChI is InChI=1S/C20H24ClN4O8P/c21-20-23-17(22-13(8-26)11-4-2-1-3-5-11)12-6-7-25(18(12)24-20)19-16(28)15(27)14(33-19)9-32-10-34(29,30)31/h1-7,13-16,19,26-28H,8-10H2,(H,22,23,24)(H2,29,30,31)/t13-,14?,15+,16+,19+/m0/s1. The number of fused-ring (bicyclic) bond motifs is 1. The van der Waals surface area contributed by atoms with Gasteiger partial charge in [0.2, 0.25) is 5.28 Å². The highest BCUT2D eigenvalue weighted by Gasteiger charge is 2.44. The normalized spacial score (nSPS) is 23.9. The molecule has 0 bridgehead atoms. The molecule has 3 heterocycles. The lowest BCUT2D eigenvalue weighted by molar-refractivity contribution is -0.0610. The van der Waals surface area contributed by atoms with E-state index < -0.39 is 44.5 Å². The Hall–Kier alpha value is -2.12. The first kappa shape index (κ1) is 25.0. The number of aliphatic hydroxyl groups excluding tert-OH is 3. The van der Waals surface area contributed by atoms with Gasteiger partial charge in [0.1, 0.15) is 36.1 Å². The lowest BCUT2D eigenvalue weighted by Crippen LogP contribution is -2.33. The van der Waals surface area contributed by atoms with Crippen LogP contribution in [0, 0.1) is 0 Å². The Bertz CT molecular complexity index is 1180. The molecule has 1 aliphatic rings. The van der Waals surface area contributed by atoms with Crippen molar-refractivity contribution >= 4 is 36.0 Å². The number of aromatic nitrogens is 3. The molecule has 3 aromatic rings. The summed E-state index contributed by atoms with van der Waals surface area (Å²) in [4.78, 5) is 26.3. The van der Waals surface area contributed by atoms with Crippen LogP contribution in [0.5, 0.6) is 0 Å². The number of rotatable bonds is 9. The molecule has 0 spiro atoms. The van der Waals surface area contributed by atoms with Crippen molar-refractivity contribution in [1.82, 2.24) is 14.5 Å². The largest absolute Gasteiger partial charge is 0.394 e. The van der Waals surface area contributed by atoms with Crippen molar-refractivity contribution in [3.63, 3.8) is 0 Å². The summed E-state index contributed by atoms with van der Waals surface area (Å²) in [7, 11) is -4.38. The molecule has 2 aromatic heterocycles. The van der Waals surface area contributed by atoms with Gasteiger partial charge in [-0.25, -0.2) is 4.98 Å². The molecular weight excluding hydrogens is 491 g/mol. The molecule has 1 saturated heterocycles. The van der Waals surface area contributed by atoms with E-state index in [4.69, 9.17) is 30.9 Å². The minimum absolute atomic E-state index is 0.0886. The first-order valence-corrected chi connectivity index (χ1v) is 12.5. The third-order valence-electron chi connectivity index (χ3n) is 5.39. The van der Waals surface area contributed by atoms with E-state index in [1.807, 2.05) is 30.3 Å². The molecule has 5 atom stereocenters. The molecule has 12 nitrogen and oxygen atoms in total. The molecule has 0 amide bonds. The molecule has 1 aromatic carbocycles. The number of nitrogens with one attached hydrogen (secondary N) is 1. The average Bonchev–Trinajstić information content (AvgIpc) is 3.33. The van der Waals surface area contributed by atoms with Gasteiger partial charge < -0.3 is 44.5 Å². The lowest BCUT2D eigenvalue weighted by atomic mass is 10.1. The Morgan fingerprint density at radius 3 is 2.59 bits per heavy atom. The smallest absolute Gasteiger partial charge is 0.350 e. The van der Waals surface area contributed by atoms with Crippen LogP contribution < -0.4 is 5.32 Å². The van der Waals surface area contributed by atoms with Gasteiger partial charge >= 0.3 is 7.60 Å². The first-order valence-electron chi connectivity index (χ1n) is 10.3. The van der Waals surface area contributed by atoms with Gasteiger partial charge in [-0.3, -0.25) is 4.57 Å². The van der Waals surface area contributed by atoms with Gasteiger partial charge in [0.15, 0.2) is 6.23 Å². The van der Waals surface area contributed by atoms with Crippen molar-refractivity contribution in [3.8, 4) is 0 Å². The van der Waals surface area contributed by atoms with Crippen LogP contribution in [-0.2, 0) is 14.0 Å². The summed E-state index contributed by atoms with van der Waals surface area (Å²) in [5.41, 5.74) is 1.14. The number of anilines is 1. The van der Waals surface area contributed by atoms with E-state index in [0.29, 0.717) is 16.9 Å². The van der Waals surface area contributed by atoms with Crippen molar-refractivity contribution in [2.45, 2.75) is 30.6 Å². The van der Waals surface area contributed by atoms with E-state index >= 15 is 0 Å². The van der Waals surface area contributed by atoms with Crippen LogP contribution in [0.25, 0.3) is 11.0 Å². The van der Waals surface area contributed by atoms with Gasteiger partial charge in [0.05, 0.1) is 24.6 Å². The predicted octanol–water partition coefficient (Wildman–Crippen LogP) is 1.00. The maximum atomic E-state index is 11.0. The number of nitrogens with zero attached hydrogens (tertiary/aromatic N) is 3. The molecule has 6 N–H and O–H groups in total. The maximum Gasteiger partial charge on any atom is 0.350 e. The van der Waals surface area contributed by atoms with Crippen LogP contribution in [-0.4, -0.2) is 77.5 Å². The highest BCUT2D eigenvalue weighted by Crippen LogP contribution is 2.37. The SMILES string of the molecule is O=P(O)(O)COCC1O[C@@H](n2ccc3c(N[C@@H](CO)c4ccccc4)nc(Cl)nc32)[C@H](O)[C@@H]1O. The third kappa shape index (κ3) is 5.41. The number of ether oxygens (including phenoxy) is 2.